The molecule has 2 aromatic rings. The van der Waals surface area contributed by atoms with Crippen LogP contribution in [-0.2, 0) is 17.8 Å². The molecule has 4 atom stereocenters. The zero-order chi connectivity index (χ0) is 17.5. The van der Waals surface area contributed by atoms with Crippen LogP contribution in [0.5, 0.6) is 0 Å². The quantitative estimate of drug-likeness (QED) is 0.745. The summed E-state index contributed by atoms with van der Waals surface area (Å²) in [4.78, 5) is 0. The van der Waals surface area contributed by atoms with Crippen LogP contribution in [0.25, 0.3) is 0 Å². The Hall–Kier alpha value is -1.64. The first-order valence-corrected chi connectivity index (χ1v) is 9.57. The van der Waals surface area contributed by atoms with Crippen molar-refractivity contribution in [3.05, 3.63) is 71.8 Å². The van der Waals surface area contributed by atoms with Gasteiger partial charge in [-0.3, -0.25) is 0 Å². The Morgan fingerprint density at radius 1 is 0.920 bits per heavy atom. The molecule has 0 bridgehead atoms. The summed E-state index contributed by atoms with van der Waals surface area (Å²) in [6.07, 6.45) is 4.10. The van der Waals surface area contributed by atoms with Crippen molar-refractivity contribution in [1.29, 1.82) is 0 Å². The van der Waals surface area contributed by atoms with Gasteiger partial charge in [0.25, 0.3) is 0 Å². The van der Waals surface area contributed by atoms with E-state index in [0.717, 1.165) is 19.4 Å². The molecular formula is C23H30O2. The van der Waals surface area contributed by atoms with Crippen LogP contribution in [0.3, 0.4) is 0 Å². The van der Waals surface area contributed by atoms with Gasteiger partial charge in [-0.25, -0.2) is 0 Å². The predicted octanol–water partition coefficient (Wildman–Crippen LogP) is 4.86. The van der Waals surface area contributed by atoms with E-state index in [-0.39, 0.29) is 6.10 Å². The van der Waals surface area contributed by atoms with Crippen LogP contribution in [0.1, 0.15) is 37.3 Å². The Kier molecular flexibility index (Phi) is 6.66. The number of aliphatic hydroxyl groups is 1. The van der Waals surface area contributed by atoms with Gasteiger partial charge in [-0.1, -0.05) is 74.0 Å². The van der Waals surface area contributed by atoms with Gasteiger partial charge in [0.2, 0.25) is 0 Å². The van der Waals surface area contributed by atoms with E-state index in [1.807, 2.05) is 24.3 Å². The molecule has 2 nitrogen and oxygen atoms in total. The molecule has 1 aliphatic rings. The van der Waals surface area contributed by atoms with Gasteiger partial charge in [-0.05, 0) is 48.1 Å². The maximum absolute atomic E-state index is 10.8. The lowest BCUT2D eigenvalue weighted by atomic mass is 9.80. The SMILES string of the molecule is C[C@@H](COCc1ccccc1)[C@H]1CCC[C@H]1[C@@H](O)Cc1ccccc1. The van der Waals surface area contributed by atoms with Crippen molar-refractivity contribution >= 4 is 0 Å². The molecule has 0 aliphatic heterocycles. The van der Waals surface area contributed by atoms with E-state index in [1.165, 1.54) is 24.0 Å². The van der Waals surface area contributed by atoms with Crippen molar-refractivity contribution in [2.45, 2.75) is 45.3 Å². The number of aliphatic hydroxyl groups excluding tert-OH is 1. The molecule has 0 aromatic heterocycles. The molecule has 1 N–H and O–H groups in total. The summed E-state index contributed by atoms with van der Waals surface area (Å²) < 4.78 is 5.96. The highest BCUT2D eigenvalue weighted by Gasteiger charge is 2.35. The zero-order valence-electron chi connectivity index (χ0n) is 15.2. The van der Waals surface area contributed by atoms with Gasteiger partial charge in [0, 0.05) is 6.61 Å². The lowest BCUT2D eigenvalue weighted by Gasteiger charge is -2.29. The summed E-state index contributed by atoms with van der Waals surface area (Å²) >= 11 is 0. The van der Waals surface area contributed by atoms with Gasteiger partial charge in [-0.15, -0.1) is 0 Å². The lowest BCUT2D eigenvalue weighted by molar-refractivity contribution is 0.0293. The number of hydrogen-bond donors (Lipinski definition) is 1. The van der Waals surface area contributed by atoms with Gasteiger partial charge in [0.15, 0.2) is 0 Å². The van der Waals surface area contributed by atoms with Gasteiger partial charge in [-0.2, -0.15) is 0 Å². The summed E-state index contributed by atoms with van der Waals surface area (Å²) in [5.41, 5.74) is 2.45. The monoisotopic (exact) mass is 338 g/mol. The highest BCUT2D eigenvalue weighted by atomic mass is 16.5. The first-order chi connectivity index (χ1) is 12.2. The fraction of sp³-hybridized carbons (Fsp3) is 0.478. The van der Waals surface area contributed by atoms with Crippen LogP contribution >= 0.6 is 0 Å². The minimum atomic E-state index is -0.244. The minimum Gasteiger partial charge on any atom is -0.392 e. The third kappa shape index (κ3) is 5.17. The molecule has 134 valence electrons. The summed E-state index contributed by atoms with van der Waals surface area (Å²) in [6, 6.07) is 20.7. The number of rotatable bonds is 8. The van der Waals surface area contributed by atoms with Crippen LogP contribution in [0, 0.1) is 17.8 Å². The van der Waals surface area contributed by atoms with E-state index >= 15 is 0 Å². The molecule has 2 heteroatoms. The van der Waals surface area contributed by atoms with Crippen molar-refractivity contribution in [3.63, 3.8) is 0 Å². The van der Waals surface area contributed by atoms with Crippen molar-refractivity contribution in [1.82, 2.24) is 0 Å². The topological polar surface area (TPSA) is 29.5 Å². The van der Waals surface area contributed by atoms with Gasteiger partial charge >= 0.3 is 0 Å². The molecule has 1 saturated carbocycles. The first-order valence-electron chi connectivity index (χ1n) is 9.57. The zero-order valence-corrected chi connectivity index (χ0v) is 15.2. The standard InChI is InChI=1S/C23H30O2/c1-18(16-25-17-20-11-6-3-7-12-20)21-13-8-14-22(21)23(24)15-19-9-4-2-5-10-19/h2-7,9-12,18,21-24H,8,13-17H2,1H3/t18-,21+,22+,23-/m0/s1. The van der Waals surface area contributed by atoms with E-state index in [9.17, 15) is 5.11 Å². The fourth-order valence-corrected chi connectivity index (χ4v) is 4.27. The Morgan fingerprint density at radius 2 is 1.52 bits per heavy atom. The average molecular weight is 338 g/mol. The molecular weight excluding hydrogens is 308 g/mol. The molecule has 0 amide bonds. The van der Waals surface area contributed by atoms with E-state index in [0.29, 0.717) is 24.4 Å². The largest absolute Gasteiger partial charge is 0.392 e. The average Bonchev–Trinajstić information content (AvgIpc) is 3.13. The number of hydrogen-bond acceptors (Lipinski definition) is 2. The Bertz CT molecular complexity index is 611. The molecule has 0 unspecified atom stereocenters. The molecule has 0 saturated heterocycles. The van der Waals surface area contributed by atoms with Crippen molar-refractivity contribution in [2.75, 3.05) is 6.61 Å². The van der Waals surface area contributed by atoms with Gasteiger partial charge in [0.1, 0.15) is 0 Å². The summed E-state index contributed by atoms with van der Waals surface area (Å²) in [6.45, 7) is 3.73. The highest BCUT2D eigenvalue weighted by molar-refractivity contribution is 5.16. The van der Waals surface area contributed by atoms with Crippen molar-refractivity contribution in [3.8, 4) is 0 Å². The fourth-order valence-electron chi connectivity index (χ4n) is 4.27. The minimum absolute atomic E-state index is 0.244. The second-order valence-corrected chi connectivity index (χ2v) is 7.49. The molecule has 0 radical (unpaired) electrons. The van der Waals surface area contributed by atoms with Crippen LogP contribution in [0.4, 0.5) is 0 Å². The van der Waals surface area contributed by atoms with Crippen LogP contribution in [0.2, 0.25) is 0 Å². The molecule has 2 aromatic carbocycles. The highest BCUT2D eigenvalue weighted by Crippen LogP contribution is 2.40. The Morgan fingerprint density at radius 3 is 2.20 bits per heavy atom. The van der Waals surface area contributed by atoms with Crippen LogP contribution in [0.15, 0.2) is 60.7 Å². The van der Waals surface area contributed by atoms with E-state index in [2.05, 4.69) is 43.3 Å². The second-order valence-electron chi connectivity index (χ2n) is 7.49. The molecule has 25 heavy (non-hydrogen) atoms. The van der Waals surface area contributed by atoms with Crippen molar-refractivity contribution < 1.29 is 9.84 Å². The smallest absolute Gasteiger partial charge is 0.0717 e. The number of benzene rings is 2. The maximum atomic E-state index is 10.8. The van der Waals surface area contributed by atoms with E-state index in [4.69, 9.17) is 4.74 Å². The summed E-state index contributed by atoms with van der Waals surface area (Å²) in [5.74, 6) is 1.45. The number of ether oxygens (including phenoxy) is 1. The van der Waals surface area contributed by atoms with E-state index in [1.54, 1.807) is 0 Å². The third-order valence-electron chi connectivity index (χ3n) is 5.63. The second kappa shape index (κ2) is 9.17. The predicted molar refractivity (Wildman–Crippen MR) is 102 cm³/mol. The van der Waals surface area contributed by atoms with Crippen LogP contribution < -0.4 is 0 Å². The summed E-state index contributed by atoms with van der Waals surface area (Å²) in [7, 11) is 0. The van der Waals surface area contributed by atoms with Crippen LogP contribution in [-0.4, -0.2) is 17.8 Å². The maximum Gasteiger partial charge on any atom is 0.0717 e. The normalized spacial score (nSPS) is 22.6. The third-order valence-corrected chi connectivity index (χ3v) is 5.63. The van der Waals surface area contributed by atoms with Gasteiger partial charge < -0.3 is 9.84 Å². The molecule has 3 rings (SSSR count). The van der Waals surface area contributed by atoms with Gasteiger partial charge in [0.05, 0.1) is 12.7 Å². The summed E-state index contributed by atoms with van der Waals surface area (Å²) in [5, 5.41) is 10.8. The molecule has 1 aliphatic carbocycles. The Balaban J connectivity index is 1.49. The molecule has 0 spiro atoms. The van der Waals surface area contributed by atoms with E-state index < -0.39 is 0 Å². The Labute approximate surface area is 151 Å². The van der Waals surface area contributed by atoms with Crippen molar-refractivity contribution in [2.24, 2.45) is 17.8 Å². The molecule has 0 heterocycles. The first kappa shape index (κ1) is 18.2. The molecule has 1 fully saturated rings. The lowest BCUT2D eigenvalue weighted by Crippen LogP contribution is -2.31.